The maximum atomic E-state index is 13.9. The van der Waals surface area contributed by atoms with Crippen LogP contribution in [0.4, 0.5) is 8.78 Å². The summed E-state index contributed by atoms with van der Waals surface area (Å²) in [7, 11) is 0. The van der Waals surface area contributed by atoms with E-state index in [1.165, 1.54) is 0 Å². The molecule has 0 radical (unpaired) electrons. The minimum absolute atomic E-state index is 0.290. The van der Waals surface area contributed by atoms with E-state index in [1.807, 2.05) is 26.8 Å². The molecule has 0 nitrogen and oxygen atoms in total. The lowest BCUT2D eigenvalue weighted by molar-refractivity contribution is -0.0456. The summed E-state index contributed by atoms with van der Waals surface area (Å²) in [5.41, 5.74) is 4.03. The number of hydrogen-bond donors (Lipinski definition) is 0. The van der Waals surface area contributed by atoms with E-state index in [0.717, 1.165) is 22.3 Å². The zero-order valence-corrected chi connectivity index (χ0v) is 9.62. The zero-order valence-electron chi connectivity index (χ0n) is 9.62. The van der Waals surface area contributed by atoms with E-state index in [4.69, 9.17) is 0 Å². The smallest absolute Gasteiger partial charge is 0.201 e. The first kappa shape index (κ1) is 10.6. The molecular formula is C13H16F2. The van der Waals surface area contributed by atoms with Crippen molar-refractivity contribution in [1.29, 1.82) is 0 Å². The molecule has 1 aliphatic rings. The molecule has 0 N–H and O–H groups in total. The fraction of sp³-hybridized carbons (Fsp3) is 0.538. The van der Waals surface area contributed by atoms with Crippen molar-refractivity contribution >= 4 is 0 Å². The molecule has 2 heteroatoms. The SMILES string of the molecule is Cc1cc2c(c(C)c1C)C(F)(F)C(C)C2. The van der Waals surface area contributed by atoms with Crippen molar-refractivity contribution in [1.82, 2.24) is 0 Å². The minimum atomic E-state index is -2.64. The highest BCUT2D eigenvalue weighted by molar-refractivity contribution is 5.49. The highest BCUT2D eigenvalue weighted by Crippen LogP contribution is 2.48. The average molecular weight is 210 g/mol. The lowest BCUT2D eigenvalue weighted by Gasteiger charge is -2.19. The molecule has 1 aromatic carbocycles. The lowest BCUT2D eigenvalue weighted by atomic mass is 9.94. The second-order valence-corrected chi connectivity index (χ2v) is 4.71. The highest BCUT2D eigenvalue weighted by atomic mass is 19.3. The van der Waals surface area contributed by atoms with Crippen molar-refractivity contribution in [3.05, 3.63) is 33.9 Å². The normalized spacial score (nSPS) is 22.9. The van der Waals surface area contributed by atoms with Crippen LogP contribution in [0.5, 0.6) is 0 Å². The second-order valence-electron chi connectivity index (χ2n) is 4.71. The molecule has 0 saturated heterocycles. The average Bonchev–Trinajstić information content (AvgIpc) is 2.34. The maximum Gasteiger partial charge on any atom is 0.276 e. The molecule has 82 valence electrons. The lowest BCUT2D eigenvalue weighted by Crippen LogP contribution is -2.19. The van der Waals surface area contributed by atoms with Gasteiger partial charge in [-0.05, 0) is 49.4 Å². The molecule has 15 heavy (non-hydrogen) atoms. The fourth-order valence-corrected chi connectivity index (χ4v) is 2.50. The van der Waals surface area contributed by atoms with Crippen molar-refractivity contribution in [2.24, 2.45) is 5.92 Å². The van der Waals surface area contributed by atoms with Crippen molar-refractivity contribution in [3.8, 4) is 0 Å². The molecule has 1 aromatic rings. The van der Waals surface area contributed by atoms with Crippen LogP contribution in [0.15, 0.2) is 6.07 Å². The Hall–Kier alpha value is -0.920. The summed E-state index contributed by atoms with van der Waals surface area (Å²) in [5, 5.41) is 0. The summed E-state index contributed by atoms with van der Waals surface area (Å²) in [6.45, 7) is 7.35. The number of hydrogen-bond acceptors (Lipinski definition) is 0. The topological polar surface area (TPSA) is 0 Å². The Balaban J connectivity index is 2.72. The van der Waals surface area contributed by atoms with Gasteiger partial charge in [0.2, 0.25) is 0 Å². The summed E-state index contributed by atoms with van der Waals surface area (Å²) >= 11 is 0. The van der Waals surface area contributed by atoms with Crippen LogP contribution in [-0.4, -0.2) is 0 Å². The van der Waals surface area contributed by atoms with E-state index >= 15 is 0 Å². The van der Waals surface area contributed by atoms with Gasteiger partial charge in [-0.2, -0.15) is 0 Å². The van der Waals surface area contributed by atoms with Gasteiger partial charge in [-0.15, -0.1) is 0 Å². The maximum absolute atomic E-state index is 13.9. The standard InChI is InChI=1S/C13H16F2/c1-7-5-11-6-8(2)13(14,15)12(11)10(4)9(7)3/h5,8H,6H2,1-4H3. The predicted octanol–water partition coefficient (Wildman–Crippen LogP) is 3.90. The van der Waals surface area contributed by atoms with Crippen molar-refractivity contribution < 1.29 is 8.78 Å². The number of benzene rings is 1. The highest BCUT2D eigenvalue weighted by Gasteiger charge is 2.47. The third-order valence-electron chi connectivity index (χ3n) is 3.72. The number of alkyl halides is 2. The molecule has 1 aliphatic carbocycles. The summed E-state index contributed by atoms with van der Waals surface area (Å²) in [6.07, 6.45) is 0.504. The van der Waals surface area contributed by atoms with Gasteiger partial charge in [0.15, 0.2) is 0 Å². The van der Waals surface area contributed by atoms with Gasteiger partial charge in [-0.25, -0.2) is 8.78 Å². The van der Waals surface area contributed by atoms with Gasteiger partial charge in [-0.1, -0.05) is 13.0 Å². The van der Waals surface area contributed by atoms with Crippen LogP contribution in [0.2, 0.25) is 0 Å². The molecule has 0 aliphatic heterocycles. The first-order valence-electron chi connectivity index (χ1n) is 5.33. The number of aryl methyl sites for hydroxylation is 1. The monoisotopic (exact) mass is 210 g/mol. The molecule has 0 aromatic heterocycles. The Bertz CT molecular complexity index is 419. The van der Waals surface area contributed by atoms with Gasteiger partial charge in [-0.3, -0.25) is 0 Å². The molecule has 1 atom stereocenters. The van der Waals surface area contributed by atoms with E-state index in [2.05, 4.69) is 0 Å². The van der Waals surface area contributed by atoms with Crippen LogP contribution < -0.4 is 0 Å². The van der Waals surface area contributed by atoms with Gasteiger partial charge in [0.25, 0.3) is 5.92 Å². The molecule has 0 saturated carbocycles. The van der Waals surface area contributed by atoms with Crippen LogP contribution >= 0.6 is 0 Å². The minimum Gasteiger partial charge on any atom is -0.201 e. The predicted molar refractivity (Wildman–Crippen MR) is 57.4 cm³/mol. The Morgan fingerprint density at radius 2 is 1.80 bits per heavy atom. The van der Waals surface area contributed by atoms with Gasteiger partial charge < -0.3 is 0 Å². The van der Waals surface area contributed by atoms with E-state index < -0.39 is 11.8 Å². The van der Waals surface area contributed by atoms with Gasteiger partial charge in [0, 0.05) is 11.5 Å². The quantitative estimate of drug-likeness (QED) is 0.609. The fourth-order valence-electron chi connectivity index (χ4n) is 2.50. The van der Waals surface area contributed by atoms with Crippen LogP contribution in [0.25, 0.3) is 0 Å². The van der Waals surface area contributed by atoms with Gasteiger partial charge in [0.05, 0.1) is 0 Å². The Kier molecular flexibility index (Phi) is 2.14. The summed E-state index contributed by atoms with van der Waals surface area (Å²) in [6, 6.07) is 1.93. The third kappa shape index (κ3) is 1.30. The van der Waals surface area contributed by atoms with Crippen molar-refractivity contribution in [2.45, 2.75) is 40.0 Å². The first-order valence-corrected chi connectivity index (χ1v) is 5.33. The molecule has 0 fully saturated rings. The van der Waals surface area contributed by atoms with E-state index in [0.29, 0.717) is 6.42 Å². The van der Waals surface area contributed by atoms with Crippen LogP contribution in [-0.2, 0) is 12.3 Å². The van der Waals surface area contributed by atoms with Crippen LogP contribution in [0.1, 0.15) is 34.7 Å². The van der Waals surface area contributed by atoms with E-state index in [1.54, 1.807) is 6.92 Å². The molecule has 2 rings (SSSR count). The van der Waals surface area contributed by atoms with Crippen LogP contribution in [0, 0.1) is 26.7 Å². The van der Waals surface area contributed by atoms with E-state index in [9.17, 15) is 8.78 Å². The molecule has 0 heterocycles. The number of rotatable bonds is 0. The third-order valence-corrected chi connectivity index (χ3v) is 3.72. The largest absolute Gasteiger partial charge is 0.276 e. The van der Waals surface area contributed by atoms with Crippen LogP contribution in [0.3, 0.4) is 0 Å². The summed E-state index contributed by atoms with van der Waals surface area (Å²) < 4.78 is 27.8. The number of fused-ring (bicyclic) bond motifs is 1. The Labute approximate surface area is 89.3 Å². The molecule has 0 bridgehead atoms. The molecule has 0 spiro atoms. The Morgan fingerprint density at radius 3 is 2.40 bits per heavy atom. The number of halogens is 2. The van der Waals surface area contributed by atoms with E-state index in [-0.39, 0.29) is 5.56 Å². The zero-order chi connectivity index (χ0) is 11.4. The second kappa shape index (κ2) is 3.03. The Morgan fingerprint density at radius 1 is 1.20 bits per heavy atom. The summed E-state index contributed by atoms with van der Waals surface area (Å²) in [4.78, 5) is 0. The summed E-state index contributed by atoms with van der Waals surface area (Å²) in [5.74, 6) is -3.20. The van der Waals surface area contributed by atoms with Crippen molar-refractivity contribution in [3.63, 3.8) is 0 Å². The van der Waals surface area contributed by atoms with Crippen molar-refractivity contribution in [2.75, 3.05) is 0 Å². The first-order chi connectivity index (χ1) is 6.85. The molecular weight excluding hydrogens is 194 g/mol. The van der Waals surface area contributed by atoms with Gasteiger partial charge >= 0.3 is 0 Å². The van der Waals surface area contributed by atoms with Gasteiger partial charge in [0.1, 0.15) is 0 Å². The molecule has 0 amide bonds. The molecule has 1 unspecified atom stereocenters.